The van der Waals surface area contributed by atoms with Crippen LogP contribution in [0.5, 0.6) is 0 Å². The van der Waals surface area contributed by atoms with Gasteiger partial charge in [0.2, 0.25) is 5.91 Å². The van der Waals surface area contributed by atoms with Crippen molar-refractivity contribution in [2.75, 3.05) is 6.54 Å². The second kappa shape index (κ2) is 4.40. The van der Waals surface area contributed by atoms with Crippen LogP contribution in [0.15, 0.2) is 18.6 Å². The molecule has 1 heterocycles. The fourth-order valence-electron chi connectivity index (χ4n) is 0.735. The van der Waals surface area contributed by atoms with E-state index in [1.54, 1.807) is 18.6 Å². The van der Waals surface area contributed by atoms with Crippen molar-refractivity contribution < 1.29 is 4.79 Å². The first-order valence-corrected chi connectivity index (χ1v) is 3.53. The number of aromatic nitrogens is 2. The summed E-state index contributed by atoms with van der Waals surface area (Å²) in [7, 11) is 0. The first kappa shape index (κ1) is 8.61. The van der Waals surface area contributed by atoms with Gasteiger partial charge in [-0.1, -0.05) is 0 Å². The van der Waals surface area contributed by atoms with Crippen LogP contribution in [0.25, 0.3) is 0 Å². The number of primary amides is 1. The van der Waals surface area contributed by atoms with E-state index >= 15 is 0 Å². The van der Waals surface area contributed by atoms with Gasteiger partial charge in [-0.05, 0) is 0 Å². The normalized spacial score (nSPS) is 9.67. The van der Waals surface area contributed by atoms with E-state index in [0.717, 1.165) is 5.69 Å². The molecule has 5 heteroatoms. The van der Waals surface area contributed by atoms with Crippen LogP contribution in [0.3, 0.4) is 0 Å². The van der Waals surface area contributed by atoms with E-state index in [2.05, 4.69) is 15.3 Å². The minimum atomic E-state index is -0.376. The first-order valence-electron chi connectivity index (χ1n) is 3.53. The number of rotatable bonds is 4. The highest BCUT2D eigenvalue weighted by Crippen LogP contribution is 1.87. The van der Waals surface area contributed by atoms with E-state index in [9.17, 15) is 4.79 Å². The summed E-state index contributed by atoms with van der Waals surface area (Å²) in [5.74, 6) is -0.376. The van der Waals surface area contributed by atoms with Crippen molar-refractivity contribution in [1.29, 1.82) is 0 Å². The molecule has 12 heavy (non-hydrogen) atoms. The summed E-state index contributed by atoms with van der Waals surface area (Å²) in [5.41, 5.74) is 5.71. The Morgan fingerprint density at radius 2 is 2.42 bits per heavy atom. The summed E-state index contributed by atoms with van der Waals surface area (Å²) in [6.45, 7) is 0.674. The van der Waals surface area contributed by atoms with Crippen LogP contribution in [0.2, 0.25) is 0 Å². The summed E-state index contributed by atoms with van der Waals surface area (Å²) >= 11 is 0. The molecule has 0 fully saturated rings. The fourth-order valence-corrected chi connectivity index (χ4v) is 0.735. The molecule has 1 rings (SSSR count). The Labute approximate surface area is 70.0 Å². The fraction of sp³-hybridized carbons (Fsp3) is 0.286. The highest BCUT2D eigenvalue weighted by molar-refractivity contribution is 5.75. The average Bonchev–Trinajstić information content (AvgIpc) is 2.05. The molecule has 5 nitrogen and oxygen atoms in total. The van der Waals surface area contributed by atoms with Gasteiger partial charge in [0.1, 0.15) is 0 Å². The van der Waals surface area contributed by atoms with Crippen molar-refractivity contribution in [1.82, 2.24) is 15.3 Å². The molecule has 0 spiro atoms. The van der Waals surface area contributed by atoms with E-state index in [-0.39, 0.29) is 12.5 Å². The standard InChI is InChI=1S/C7H10N4O/c8-7(12)5-10-4-6-3-9-1-2-11-6/h1-3,10H,4-5H2,(H2,8,12). The van der Waals surface area contributed by atoms with Gasteiger partial charge < -0.3 is 11.1 Å². The largest absolute Gasteiger partial charge is 0.369 e. The van der Waals surface area contributed by atoms with Crippen molar-refractivity contribution in [2.24, 2.45) is 5.73 Å². The third-order valence-electron chi connectivity index (χ3n) is 1.22. The SMILES string of the molecule is NC(=O)CNCc1cnccn1. The van der Waals surface area contributed by atoms with Gasteiger partial charge in [-0.3, -0.25) is 14.8 Å². The molecule has 0 atom stereocenters. The van der Waals surface area contributed by atoms with E-state index < -0.39 is 0 Å². The van der Waals surface area contributed by atoms with Crippen LogP contribution in [-0.2, 0) is 11.3 Å². The lowest BCUT2D eigenvalue weighted by atomic mass is 10.4. The zero-order chi connectivity index (χ0) is 8.81. The van der Waals surface area contributed by atoms with Crippen LogP contribution in [-0.4, -0.2) is 22.4 Å². The smallest absolute Gasteiger partial charge is 0.231 e. The van der Waals surface area contributed by atoms with Gasteiger partial charge >= 0.3 is 0 Å². The van der Waals surface area contributed by atoms with Gasteiger partial charge in [-0.25, -0.2) is 0 Å². The van der Waals surface area contributed by atoms with Gasteiger partial charge in [-0.15, -0.1) is 0 Å². The highest BCUT2D eigenvalue weighted by Gasteiger charge is 1.94. The predicted molar refractivity (Wildman–Crippen MR) is 42.9 cm³/mol. The maximum atomic E-state index is 10.3. The maximum Gasteiger partial charge on any atom is 0.231 e. The minimum absolute atomic E-state index is 0.163. The van der Waals surface area contributed by atoms with Crippen LogP contribution in [0.1, 0.15) is 5.69 Å². The molecule has 0 radical (unpaired) electrons. The Balaban J connectivity index is 2.29. The highest BCUT2D eigenvalue weighted by atomic mass is 16.1. The van der Waals surface area contributed by atoms with Crippen molar-refractivity contribution in [2.45, 2.75) is 6.54 Å². The monoisotopic (exact) mass is 166 g/mol. The molecule has 0 saturated carbocycles. The van der Waals surface area contributed by atoms with Gasteiger partial charge in [0.05, 0.1) is 12.2 Å². The topological polar surface area (TPSA) is 80.9 Å². The summed E-state index contributed by atoms with van der Waals surface area (Å²) in [6.07, 6.45) is 4.83. The Bertz CT molecular complexity index is 249. The second-order valence-corrected chi connectivity index (χ2v) is 2.27. The predicted octanol–water partition coefficient (Wildman–Crippen LogP) is -0.948. The lowest BCUT2D eigenvalue weighted by molar-refractivity contribution is -0.117. The number of nitrogens with zero attached hydrogens (tertiary/aromatic N) is 2. The maximum absolute atomic E-state index is 10.3. The van der Waals surface area contributed by atoms with Gasteiger partial charge in [0.25, 0.3) is 0 Å². The quantitative estimate of drug-likeness (QED) is 0.604. The van der Waals surface area contributed by atoms with Crippen molar-refractivity contribution in [3.63, 3.8) is 0 Å². The zero-order valence-electron chi connectivity index (χ0n) is 6.53. The number of carbonyl (C=O) groups is 1. The van der Waals surface area contributed by atoms with Gasteiger partial charge in [0, 0.05) is 25.1 Å². The van der Waals surface area contributed by atoms with E-state index in [0.29, 0.717) is 6.54 Å². The number of nitrogens with one attached hydrogen (secondary N) is 1. The van der Waals surface area contributed by atoms with Crippen LogP contribution in [0.4, 0.5) is 0 Å². The Hall–Kier alpha value is -1.49. The lowest BCUT2D eigenvalue weighted by Gasteiger charge is -1.99. The van der Waals surface area contributed by atoms with E-state index in [1.807, 2.05) is 0 Å². The van der Waals surface area contributed by atoms with Crippen molar-refractivity contribution >= 4 is 5.91 Å². The molecule has 0 aliphatic heterocycles. The number of hydrogen-bond donors (Lipinski definition) is 2. The lowest BCUT2D eigenvalue weighted by Crippen LogP contribution is -2.28. The molecule has 0 bridgehead atoms. The molecule has 1 aromatic heterocycles. The van der Waals surface area contributed by atoms with Gasteiger partial charge in [0.15, 0.2) is 0 Å². The third-order valence-corrected chi connectivity index (χ3v) is 1.22. The molecule has 64 valence electrons. The van der Waals surface area contributed by atoms with E-state index in [4.69, 9.17) is 5.73 Å². The Kier molecular flexibility index (Phi) is 3.16. The van der Waals surface area contributed by atoms with Crippen LogP contribution < -0.4 is 11.1 Å². The number of hydrogen-bond acceptors (Lipinski definition) is 4. The van der Waals surface area contributed by atoms with Crippen LogP contribution in [0, 0.1) is 0 Å². The van der Waals surface area contributed by atoms with Crippen molar-refractivity contribution in [3.8, 4) is 0 Å². The number of carbonyl (C=O) groups excluding carboxylic acids is 1. The molecule has 0 saturated heterocycles. The first-order chi connectivity index (χ1) is 5.79. The summed E-state index contributed by atoms with van der Waals surface area (Å²) < 4.78 is 0. The molecule has 3 N–H and O–H groups in total. The van der Waals surface area contributed by atoms with E-state index in [1.165, 1.54) is 0 Å². The molecule has 1 amide bonds. The van der Waals surface area contributed by atoms with Crippen molar-refractivity contribution in [3.05, 3.63) is 24.3 Å². The van der Waals surface area contributed by atoms with Gasteiger partial charge in [-0.2, -0.15) is 0 Å². The summed E-state index contributed by atoms with van der Waals surface area (Å²) in [5, 5.41) is 2.82. The molecule has 0 aliphatic rings. The Morgan fingerprint density at radius 1 is 1.58 bits per heavy atom. The Morgan fingerprint density at radius 3 is 3.00 bits per heavy atom. The molecule has 0 unspecified atom stereocenters. The average molecular weight is 166 g/mol. The summed E-state index contributed by atoms with van der Waals surface area (Å²) in [6, 6.07) is 0. The summed E-state index contributed by atoms with van der Waals surface area (Å²) in [4.78, 5) is 18.2. The zero-order valence-corrected chi connectivity index (χ0v) is 6.53. The van der Waals surface area contributed by atoms with Crippen LogP contribution >= 0.6 is 0 Å². The molecule has 1 aromatic rings. The molecular formula is C7H10N4O. The minimum Gasteiger partial charge on any atom is -0.369 e. The molecule has 0 aromatic carbocycles. The number of amides is 1. The third kappa shape index (κ3) is 3.07. The molecule has 0 aliphatic carbocycles. The second-order valence-electron chi connectivity index (χ2n) is 2.27. The molecular weight excluding hydrogens is 156 g/mol. The number of nitrogens with two attached hydrogens (primary N) is 1.